The van der Waals surface area contributed by atoms with E-state index in [2.05, 4.69) is 4.74 Å². The number of piperidine rings is 1. The molecular formula is C18H25FN2O4. The molecule has 2 rings (SSSR count). The number of nitrogens with two attached hydrogens (primary N) is 1. The average molecular weight is 352 g/mol. The Kier molecular flexibility index (Phi) is 6.36. The zero-order valence-corrected chi connectivity index (χ0v) is 14.8. The highest BCUT2D eigenvalue weighted by Crippen LogP contribution is 2.25. The number of nitrogens with zero attached hydrogens (tertiary/aromatic N) is 1. The van der Waals surface area contributed by atoms with E-state index in [0.29, 0.717) is 25.9 Å². The Bertz CT molecular complexity index is 628. The maximum atomic E-state index is 13.4. The van der Waals surface area contributed by atoms with E-state index in [1.807, 2.05) is 13.8 Å². The van der Waals surface area contributed by atoms with Gasteiger partial charge in [0.25, 0.3) is 0 Å². The number of hydrogen-bond donors (Lipinski definition) is 1. The van der Waals surface area contributed by atoms with E-state index in [0.717, 1.165) is 6.07 Å². The number of carbonyl (C=O) groups is 2. The fraction of sp³-hybridized carbons (Fsp3) is 0.556. The molecular weight excluding hydrogens is 327 g/mol. The molecule has 0 bridgehead atoms. The second-order valence-corrected chi connectivity index (χ2v) is 6.54. The SMILES string of the molecule is COC(=O)c1cc(F)ccc1OC1CCN(C(=O)[C@@H](N)C(C)C)CC1. The van der Waals surface area contributed by atoms with Gasteiger partial charge in [0.05, 0.1) is 13.2 Å². The lowest BCUT2D eigenvalue weighted by atomic mass is 10.0. The third-order valence-corrected chi connectivity index (χ3v) is 4.40. The number of hydrogen-bond acceptors (Lipinski definition) is 5. The number of likely N-dealkylation sites (tertiary alicyclic amines) is 1. The molecule has 138 valence electrons. The van der Waals surface area contributed by atoms with Gasteiger partial charge in [-0.25, -0.2) is 9.18 Å². The molecule has 1 aromatic carbocycles. The number of halogens is 1. The number of rotatable bonds is 5. The zero-order valence-electron chi connectivity index (χ0n) is 14.8. The van der Waals surface area contributed by atoms with Crippen LogP contribution in [-0.4, -0.2) is 49.1 Å². The van der Waals surface area contributed by atoms with Crippen LogP contribution in [0.1, 0.15) is 37.0 Å². The molecule has 0 radical (unpaired) electrons. The van der Waals surface area contributed by atoms with Gasteiger partial charge in [-0.15, -0.1) is 0 Å². The van der Waals surface area contributed by atoms with Crippen molar-refractivity contribution in [2.24, 2.45) is 11.7 Å². The first-order valence-electron chi connectivity index (χ1n) is 8.42. The normalized spacial score (nSPS) is 16.6. The van der Waals surface area contributed by atoms with Crippen molar-refractivity contribution in [2.45, 2.75) is 38.8 Å². The van der Waals surface area contributed by atoms with Crippen LogP contribution in [0, 0.1) is 11.7 Å². The minimum Gasteiger partial charge on any atom is -0.489 e. The molecule has 1 fully saturated rings. The standard InChI is InChI=1S/C18H25FN2O4/c1-11(2)16(20)17(22)21-8-6-13(7-9-21)25-15-5-4-12(19)10-14(15)18(23)24-3/h4-5,10-11,13,16H,6-9,20H2,1-3H3/t16-/m0/s1. The van der Waals surface area contributed by atoms with Gasteiger partial charge < -0.3 is 20.1 Å². The average Bonchev–Trinajstić information content (AvgIpc) is 2.61. The third-order valence-electron chi connectivity index (χ3n) is 4.40. The Balaban J connectivity index is 1.99. The Hall–Kier alpha value is -2.15. The minimum atomic E-state index is -0.648. The summed E-state index contributed by atoms with van der Waals surface area (Å²) in [5.74, 6) is -0.855. The molecule has 0 aliphatic carbocycles. The molecule has 7 heteroatoms. The summed E-state index contributed by atoms with van der Waals surface area (Å²) in [5.41, 5.74) is 5.98. The number of esters is 1. The number of amides is 1. The summed E-state index contributed by atoms with van der Waals surface area (Å²) in [4.78, 5) is 25.8. The summed E-state index contributed by atoms with van der Waals surface area (Å²) >= 11 is 0. The van der Waals surface area contributed by atoms with Crippen molar-refractivity contribution >= 4 is 11.9 Å². The first-order chi connectivity index (χ1) is 11.8. The van der Waals surface area contributed by atoms with Gasteiger partial charge in [0.15, 0.2) is 0 Å². The van der Waals surface area contributed by atoms with E-state index in [1.54, 1.807) is 4.90 Å². The highest BCUT2D eigenvalue weighted by molar-refractivity contribution is 5.92. The predicted molar refractivity (Wildman–Crippen MR) is 90.8 cm³/mol. The van der Waals surface area contributed by atoms with Gasteiger partial charge >= 0.3 is 5.97 Å². The number of carbonyl (C=O) groups excluding carboxylic acids is 2. The van der Waals surface area contributed by atoms with Gasteiger partial charge in [-0.05, 0) is 24.1 Å². The van der Waals surface area contributed by atoms with E-state index in [1.165, 1.54) is 19.2 Å². The first kappa shape index (κ1) is 19.2. The molecule has 1 aliphatic rings. The molecule has 1 aliphatic heterocycles. The van der Waals surface area contributed by atoms with E-state index in [4.69, 9.17) is 10.5 Å². The van der Waals surface area contributed by atoms with Gasteiger partial charge in [0.2, 0.25) is 5.91 Å². The van der Waals surface area contributed by atoms with Crippen LogP contribution >= 0.6 is 0 Å². The van der Waals surface area contributed by atoms with E-state index in [9.17, 15) is 14.0 Å². The molecule has 1 amide bonds. The molecule has 1 atom stereocenters. The quantitative estimate of drug-likeness (QED) is 0.819. The summed E-state index contributed by atoms with van der Waals surface area (Å²) in [5, 5.41) is 0. The summed E-state index contributed by atoms with van der Waals surface area (Å²) in [6.45, 7) is 4.92. The molecule has 1 saturated heterocycles. The maximum Gasteiger partial charge on any atom is 0.341 e. The van der Waals surface area contributed by atoms with Crippen LogP contribution in [0.4, 0.5) is 4.39 Å². The van der Waals surface area contributed by atoms with Crippen molar-refractivity contribution in [3.8, 4) is 5.75 Å². The van der Waals surface area contributed by atoms with E-state index < -0.39 is 17.8 Å². The number of methoxy groups -OCH3 is 1. The Morgan fingerprint density at radius 3 is 2.48 bits per heavy atom. The van der Waals surface area contributed by atoms with E-state index >= 15 is 0 Å². The molecule has 25 heavy (non-hydrogen) atoms. The van der Waals surface area contributed by atoms with Crippen molar-refractivity contribution in [1.82, 2.24) is 4.90 Å². The summed E-state index contributed by atoms with van der Waals surface area (Å²) < 4.78 is 23.9. The third kappa shape index (κ3) is 4.69. The topological polar surface area (TPSA) is 81.9 Å². The smallest absolute Gasteiger partial charge is 0.341 e. The van der Waals surface area contributed by atoms with Gasteiger partial charge in [0.1, 0.15) is 23.2 Å². The van der Waals surface area contributed by atoms with Crippen LogP contribution in [0.5, 0.6) is 5.75 Å². The van der Waals surface area contributed by atoms with Crippen molar-refractivity contribution < 1.29 is 23.5 Å². The van der Waals surface area contributed by atoms with Crippen LogP contribution in [0.3, 0.4) is 0 Å². The molecule has 1 heterocycles. The second-order valence-electron chi connectivity index (χ2n) is 6.54. The highest BCUT2D eigenvalue weighted by Gasteiger charge is 2.29. The van der Waals surface area contributed by atoms with Gasteiger partial charge in [-0.3, -0.25) is 4.79 Å². The Labute approximate surface area is 147 Å². The molecule has 0 spiro atoms. The van der Waals surface area contributed by atoms with Crippen molar-refractivity contribution in [1.29, 1.82) is 0 Å². The predicted octanol–water partition coefficient (Wildman–Crippen LogP) is 1.97. The Morgan fingerprint density at radius 1 is 1.28 bits per heavy atom. The fourth-order valence-corrected chi connectivity index (χ4v) is 2.74. The van der Waals surface area contributed by atoms with Crippen molar-refractivity contribution in [2.75, 3.05) is 20.2 Å². The first-order valence-corrected chi connectivity index (χ1v) is 8.42. The van der Waals surface area contributed by atoms with Crippen LogP contribution in [-0.2, 0) is 9.53 Å². The zero-order chi connectivity index (χ0) is 18.6. The van der Waals surface area contributed by atoms with E-state index in [-0.39, 0.29) is 29.2 Å². The number of ether oxygens (including phenoxy) is 2. The fourth-order valence-electron chi connectivity index (χ4n) is 2.74. The summed E-state index contributed by atoms with van der Waals surface area (Å²) in [6.07, 6.45) is 1.08. The molecule has 2 N–H and O–H groups in total. The highest BCUT2D eigenvalue weighted by atomic mass is 19.1. The Morgan fingerprint density at radius 2 is 1.92 bits per heavy atom. The molecule has 0 aromatic heterocycles. The van der Waals surface area contributed by atoms with Crippen LogP contribution in [0.25, 0.3) is 0 Å². The van der Waals surface area contributed by atoms with Crippen LogP contribution in [0.2, 0.25) is 0 Å². The van der Waals surface area contributed by atoms with Gasteiger partial charge in [-0.1, -0.05) is 13.8 Å². The molecule has 0 saturated carbocycles. The molecule has 1 aromatic rings. The number of benzene rings is 1. The van der Waals surface area contributed by atoms with Gasteiger partial charge in [-0.2, -0.15) is 0 Å². The summed E-state index contributed by atoms with van der Waals surface area (Å²) in [6, 6.07) is 3.26. The largest absolute Gasteiger partial charge is 0.489 e. The van der Waals surface area contributed by atoms with Crippen molar-refractivity contribution in [3.63, 3.8) is 0 Å². The van der Waals surface area contributed by atoms with Crippen LogP contribution in [0.15, 0.2) is 18.2 Å². The van der Waals surface area contributed by atoms with Gasteiger partial charge in [0, 0.05) is 25.9 Å². The second kappa shape index (κ2) is 8.29. The lowest BCUT2D eigenvalue weighted by Gasteiger charge is -2.34. The minimum absolute atomic E-state index is 0.0505. The molecule has 0 unspecified atom stereocenters. The molecule has 6 nitrogen and oxygen atoms in total. The summed E-state index contributed by atoms with van der Waals surface area (Å²) in [7, 11) is 1.24. The lowest BCUT2D eigenvalue weighted by molar-refractivity contribution is -0.135. The van der Waals surface area contributed by atoms with Crippen molar-refractivity contribution in [3.05, 3.63) is 29.6 Å². The monoisotopic (exact) mass is 352 g/mol. The van der Waals surface area contributed by atoms with Crippen LogP contribution < -0.4 is 10.5 Å². The maximum absolute atomic E-state index is 13.4. The lowest BCUT2D eigenvalue weighted by Crippen LogP contribution is -2.50.